The number of carbonyl (C=O) groups excluding carboxylic acids is 3. The van der Waals surface area contributed by atoms with E-state index >= 15 is 0 Å². The number of aliphatic hydroxyl groups is 6. The number of nitrogens with two attached hydrogens (primary N) is 1. The van der Waals surface area contributed by atoms with Gasteiger partial charge in [0.2, 0.25) is 5.91 Å². The minimum atomic E-state index is -1.86. The van der Waals surface area contributed by atoms with Gasteiger partial charge in [0.1, 0.15) is 66.2 Å². The molecule has 57 heavy (non-hydrogen) atoms. The van der Waals surface area contributed by atoms with Crippen molar-refractivity contribution in [2.45, 2.75) is 100 Å². The van der Waals surface area contributed by atoms with E-state index in [1.54, 1.807) is 68.5 Å². The molecule has 0 aromatic rings. The molecule has 4 aliphatic heterocycles. The Balaban J connectivity index is 1.48. The fourth-order valence-corrected chi connectivity index (χ4v) is 6.48. The van der Waals surface area contributed by atoms with Gasteiger partial charge >= 0.3 is 0 Å². The van der Waals surface area contributed by atoms with Crippen LogP contribution in [-0.4, -0.2) is 153 Å². The molecule has 0 aromatic carbocycles. The van der Waals surface area contributed by atoms with Gasteiger partial charge < -0.3 is 64.8 Å². The zero-order chi connectivity index (χ0) is 42.0. The standard InChI is InChI=1S/C38H48Cl2N2O15/c1-19(39)12-8-7-10-14-21(40)13-9-5-4-6-11-15-23(43)27-29(47)22(16-26(41)45)42(35(27)51)36-33(30(48)24(44)17-53-36)57-37-32(50)31(49)25(18-54-37)56-38-34(52-3)28(46)20(2)55-38/h4-15,20,22,24-25,28,30-34,36-38,43-44,46,48-50H,16-18H2,1-3H3,(H2,41,45)/b6-4+,8-7+,9-5+,14-10+,15-11+,19-12-,21-13-,27-23?/t20-,22+,24-,25-,28-,30-,31+,32+,33+,34+,36?,37+,38+/m1/s1. The zero-order valence-electron chi connectivity index (χ0n) is 31.2. The molecule has 2 amide bonds. The molecule has 0 aliphatic carbocycles. The Morgan fingerprint density at radius 1 is 0.842 bits per heavy atom. The normalized spacial score (nSPS) is 37.0. The molecule has 0 radical (unpaired) electrons. The quantitative estimate of drug-likeness (QED) is 0.0514. The van der Waals surface area contributed by atoms with Crippen LogP contribution in [0.15, 0.2) is 94.3 Å². The van der Waals surface area contributed by atoms with Crippen molar-refractivity contribution in [3.05, 3.63) is 94.3 Å². The van der Waals surface area contributed by atoms with Gasteiger partial charge in [-0.1, -0.05) is 71.8 Å². The molecular formula is C38H48Cl2N2O15. The summed E-state index contributed by atoms with van der Waals surface area (Å²) in [5.74, 6) is -3.85. The largest absolute Gasteiger partial charge is 0.507 e. The smallest absolute Gasteiger partial charge is 0.264 e. The molecule has 4 aliphatic rings. The van der Waals surface area contributed by atoms with Crippen LogP contribution in [0.1, 0.15) is 20.3 Å². The molecule has 4 heterocycles. The maximum Gasteiger partial charge on any atom is 0.264 e. The molecule has 0 saturated carbocycles. The number of nitrogens with zero attached hydrogens (tertiary/aromatic N) is 1. The molecular weight excluding hydrogens is 795 g/mol. The second-order valence-electron chi connectivity index (χ2n) is 13.3. The Hall–Kier alpha value is -3.53. The van der Waals surface area contributed by atoms with E-state index < -0.39 is 128 Å². The third-order valence-corrected chi connectivity index (χ3v) is 9.58. The molecule has 17 nitrogen and oxygen atoms in total. The highest BCUT2D eigenvalue weighted by molar-refractivity contribution is 6.31. The van der Waals surface area contributed by atoms with Crippen LogP contribution < -0.4 is 5.73 Å². The first-order chi connectivity index (χ1) is 27.1. The minimum Gasteiger partial charge on any atom is -0.507 e. The number of hydrogen-bond acceptors (Lipinski definition) is 15. The summed E-state index contributed by atoms with van der Waals surface area (Å²) in [5.41, 5.74) is 4.70. The van der Waals surface area contributed by atoms with E-state index in [2.05, 4.69) is 0 Å². The number of amides is 2. The van der Waals surface area contributed by atoms with Crippen molar-refractivity contribution >= 4 is 40.8 Å². The van der Waals surface area contributed by atoms with Crippen LogP contribution in [0.3, 0.4) is 0 Å². The lowest BCUT2D eigenvalue weighted by Gasteiger charge is -2.46. The lowest BCUT2D eigenvalue weighted by Crippen LogP contribution is -2.65. The number of halogens is 2. The Morgan fingerprint density at radius 3 is 2.18 bits per heavy atom. The molecule has 314 valence electrons. The van der Waals surface area contributed by atoms with Gasteiger partial charge in [0, 0.05) is 17.2 Å². The number of allylic oxidation sites excluding steroid dienone is 14. The van der Waals surface area contributed by atoms with Crippen LogP contribution in [0.2, 0.25) is 0 Å². The number of rotatable bonds is 15. The molecule has 1 unspecified atom stereocenters. The highest BCUT2D eigenvalue weighted by atomic mass is 35.5. The van der Waals surface area contributed by atoms with E-state index in [4.69, 9.17) is 57.4 Å². The number of aliphatic hydroxyl groups excluding tert-OH is 6. The van der Waals surface area contributed by atoms with Gasteiger partial charge in [0.15, 0.2) is 24.6 Å². The highest BCUT2D eigenvalue weighted by Crippen LogP contribution is 2.35. The van der Waals surface area contributed by atoms with Crippen LogP contribution in [0.4, 0.5) is 0 Å². The summed E-state index contributed by atoms with van der Waals surface area (Å²) >= 11 is 11.9. The first-order valence-corrected chi connectivity index (χ1v) is 18.6. The van der Waals surface area contributed by atoms with Crippen LogP contribution in [-0.2, 0) is 42.8 Å². The average Bonchev–Trinajstić information content (AvgIpc) is 3.56. The molecule has 4 fully saturated rings. The molecule has 4 rings (SSSR count). The van der Waals surface area contributed by atoms with E-state index in [-0.39, 0.29) is 0 Å². The summed E-state index contributed by atoms with van der Waals surface area (Å²) < 4.78 is 33.7. The number of primary amides is 1. The molecule has 8 N–H and O–H groups in total. The van der Waals surface area contributed by atoms with E-state index in [1.807, 2.05) is 0 Å². The number of ketones is 1. The topological polar surface area (TPSA) is 257 Å². The highest BCUT2D eigenvalue weighted by Gasteiger charge is 2.56. The monoisotopic (exact) mass is 842 g/mol. The van der Waals surface area contributed by atoms with Crippen LogP contribution in [0, 0.1) is 0 Å². The number of hydrogen-bond donors (Lipinski definition) is 7. The number of likely N-dealkylation sites (tertiary alicyclic amines) is 1. The number of methoxy groups -OCH3 is 1. The van der Waals surface area contributed by atoms with Gasteiger partial charge in [-0.05, 0) is 38.2 Å². The van der Waals surface area contributed by atoms with Gasteiger partial charge in [-0.15, -0.1) is 0 Å². The Kier molecular flexibility index (Phi) is 17.4. The van der Waals surface area contributed by atoms with E-state index in [0.29, 0.717) is 10.1 Å². The van der Waals surface area contributed by atoms with Gasteiger partial charge in [0.05, 0.1) is 25.7 Å². The maximum atomic E-state index is 13.9. The van der Waals surface area contributed by atoms with Gasteiger partial charge in [-0.25, -0.2) is 0 Å². The third-order valence-electron chi connectivity index (χ3n) is 9.21. The molecule has 0 spiro atoms. The number of carbonyl (C=O) groups is 3. The van der Waals surface area contributed by atoms with E-state index in [9.17, 15) is 45.0 Å². The molecule has 0 bridgehead atoms. The molecule has 13 atom stereocenters. The van der Waals surface area contributed by atoms with Crippen molar-refractivity contribution in [1.82, 2.24) is 4.90 Å². The van der Waals surface area contributed by atoms with Gasteiger partial charge in [-0.2, -0.15) is 0 Å². The van der Waals surface area contributed by atoms with Crippen molar-refractivity contribution in [3.8, 4) is 0 Å². The van der Waals surface area contributed by atoms with E-state index in [0.717, 1.165) is 11.0 Å². The summed E-state index contributed by atoms with van der Waals surface area (Å²) in [4.78, 5) is 40.3. The first kappa shape index (κ1) is 46.2. The fourth-order valence-electron chi connectivity index (χ4n) is 6.26. The van der Waals surface area contributed by atoms with Crippen molar-refractivity contribution < 1.29 is 73.4 Å². The second-order valence-corrected chi connectivity index (χ2v) is 14.4. The van der Waals surface area contributed by atoms with Crippen LogP contribution in [0.25, 0.3) is 0 Å². The molecule has 19 heteroatoms. The number of ether oxygens (including phenoxy) is 6. The lowest BCUT2D eigenvalue weighted by atomic mass is 10.0. The Morgan fingerprint density at radius 2 is 1.49 bits per heavy atom. The summed E-state index contributed by atoms with van der Waals surface area (Å²) in [5, 5.41) is 65.7. The predicted octanol–water partition coefficient (Wildman–Crippen LogP) is 0.547. The SMILES string of the molecule is CO[C@@H]1[C@H](O[C@@H]2CO[C@@H](O[C@@H]3C(N4C(=O)C(=C(O)/C=C/C=C/C=C/C=C(Cl)/C=C/C=C/C=C(/C)Cl)C(=O)[C@@H]4CC(N)=O)OC[C@@H](O)[C@H]3O)[C@@H](O)[C@H]2O)O[C@H](C)[C@H]1O. The minimum absolute atomic E-state index is 0.406. The second kappa shape index (κ2) is 21.5. The third kappa shape index (κ3) is 11.8. The van der Waals surface area contributed by atoms with Crippen LogP contribution >= 0.6 is 23.2 Å². The predicted molar refractivity (Wildman–Crippen MR) is 203 cm³/mol. The Labute approximate surface area is 338 Å². The lowest BCUT2D eigenvalue weighted by molar-refractivity contribution is -0.338. The van der Waals surface area contributed by atoms with E-state index in [1.165, 1.54) is 19.3 Å². The van der Waals surface area contributed by atoms with Crippen molar-refractivity contribution in [2.75, 3.05) is 20.3 Å². The fraction of sp³-hybridized carbons (Fsp3) is 0.500. The average molecular weight is 844 g/mol. The molecule has 0 aromatic heterocycles. The van der Waals surface area contributed by atoms with Crippen molar-refractivity contribution in [1.29, 1.82) is 0 Å². The van der Waals surface area contributed by atoms with Crippen LogP contribution in [0.5, 0.6) is 0 Å². The Bertz CT molecular complexity index is 1690. The summed E-state index contributed by atoms with van der Waals surface area (Å²) in [6.45, 7) is 2.38. The maximum absolute atomic E-state index is 13.9. The zero-order valence-corrected chi connectivity index (χ0v) is 32.7. The number of Topliss-reactive ketones (excluding diaryl/α,β-unsaturated/α-hetero) is 1. The molecule has 4 saturated heterocycles. The van der Waals surface area contributed by atoms with Gasteiger partial charge in [0.25, 0.3) is 5.91 Å². The van der Waals surface area contributed by atoms with Crippen molar-refractivity contribution in [3.63, 3.8) is 0 Å². The summed E-state index contributed by atoms with van der Waals surface area (Å²) in [7, 11) is 1.34. The van der Waals surface area contributed by atoms with Gasteiger partial charge in [-0.3, -0.25) is 19.3 Å². The van der Waals surface area contributed by atoms with Crippen molar-refractivity contribution in [2.24, 2.45) is 5.73 Å². The summed E-state index contributed by atoms with van der Waals surface area (Å²) in [6, 6.07) is -1.63. The summed E-state index contributed by atoms with van der Waals surface area (Å²) in [6.07, 6.45) is 1.22. The first-order valence-electron chi connectivity index (χ1n) is 17.8.